The zero-order valence-corrected chi connectivity index (χ0v) is 17.7. The van der Waals surface area contributed by atoms with Crippen molar-refractivity contribution in [2.24, 2.45) is 0 Å². The molecule has 0 aliphatic rings. The van der Waals surface area contributed by atoms with Crippen molar-refractivity contribution in [2.75, 3.05) is 7.11 Å². The number of carbonyl (C=O) groups excluding carboxylic acids is 1. The number of carbonyl (C=O) groups is 1. The topological polar surface area (TPSA) is 104 Å². The Hall–Kier alpha value is -4.59. The number of benzene rings is 3. The highest BCUT2D eigenvalue weighted by Gasteiger charge is 2.10. The van der Waals surface area contributed by atoms with E-state index in [-0.39, 0.29) is 12.3 Å². The van der Waals surface area contributed by atoms with Crippen LogP contribution >= 0.6 is 0 Å². The molecule has 0 spiro atoms. The Bertz CT molecular complexity index is 1350. The van der Waals surface area contributed by atoms with Gasteiger partial charge in [-0.1, -0.05) is 42.5 Å². The third-order valence-corrected chi connectivity index (χ3v) is 4.83. The molecule has 4 rings (SSSR count). The zero-order chi connectivity index (χ0) is 23.2. The van der Waals surface area contributed by atoms with Gasteiger partial charge in [-0.15, -0.1) is 0 Å². The van der Waals surface area contributed by atoms with E-state index in [1.165, 1.54) is 19.2 Å². The summed E-state index contributed by atoms with van der Waals surface area (Å²) in [7, 11) is 1.33. The molecule has 3 aromatic carbocycles. The number of non-ortho nitro benzene ring substituents is 1. The Balaban J connectivity index is 1.61. The minimum atomic E-state index is -0.437. The lowest BCUT2D eigenvalue weighted by molar-refractivity contribution is -0.384. The highest BCUT2D eigenvalue weighted by molar-refractivity contribution is 5.89. The van der Waals surface area contributed by atoms with Crippen LogP contribution in [0.3, 0.4) is 0 Å². The third-order valence-electron chi connectivity index (χ3n) is 4.83. The summed E-state index contributed by atoms with van der Waals surface area (Å²) in [5.41, 5.74) is 3.83. The van der Waals surface area contributed by atoms with Crippen LogP contribution in [-0.4, -0.2) is 28.0 Å². The number of ether oxygens (including phenoxy) is 2. The van der Waals surface area contributed by atoms with Crippen molar-refractivity contribution in [2.45, 2.75) is 6.61 Å². The van der Waals surface area contributed by atoms with Gasteiger partial charge in [0.15, 0.2) is 0 Å². The smallest absolute Gasteiger partial charge is 0.337 e. The van der Waals surface area contributed by atoms with Crippen molar-refractivity contribution >= 4 is 34.8 Å². The van der Waals surface area contributed by atoms with Crippen LogP contribution in [0.15, 0.2) is 72.8 Å². The predicted molar refractivity (Wildman–Crippen MR) is 124 cm³/mol. The van der Waals surface area contributed by atoms with Gasteiger partial charge in [0.2, 0.25) is 5.88 Å². The van der Waals surface area contributed by atoms with Crippen molar-refractivity contribution in [1.29, 1.82) is 0 Å². The maximum Gasteiger partial charge on any atom is 0.337 e. The molecule has 0 unspecified atom stereocenters. The molecular formula is C25H19N3O5. The van der Waals surface area contributed by atoms with Crippen LogP contribution in [0.1, 0.15) is 27.2 Å². The molecule has 0 radical (unpaired) electrons. The van der Waals surface area contributed by atoms with E-state index >= 15 is 0 Å². The van der Waals surface area contributed by atoms with Crippen LogP contribution in [0, 0.1) is 10.1 Å². The molecule has 0 amide bonds. The highest BCUT2D eigenvalue weighted by Crippen LogP contribution is 2.23. The van der Waals surface area contributed by atoms with Gasteiger partial charge in [-0.05, 0) is 41.5 Å². The minimum absolute atomic E-state index is 0.00798. The summed E-state index contributed by atoms with van der Waals surface area (Å²) in [6, 6.07) is 20.6. The van der Waals surface area contributed by atoms with Gasteiger partial charge in [-0.25, -0.2) is 14.8 Å². The number of hydrogen-bond acceptors (Lipinski definition) is 7. The first-order valence-corrected chi connectivity index (χ1v) is 10.0. The van der Waals surface area contributed by atoms with Crippen LogP contribution in [0.5, 0.6) is 5.88 Å². The molecule has 0 bridgehead atoms. The van der Waals surface area contributed by atoms with Crippen LogP contribution in [0.4, 0.5) is 5.69 Å². The quantitative estimate of drug-likeness (QED) is 0.224. The van der Waals surface area contributed by atoms with Crippen LogP contribution in [0.2, 0.25) is 0 Å². The summed E-state index contributed by atoms with van der Waals surface area (Å²) in [4.78, 5) is 31.4. The number of nitro benzene ring substituents is 1. The first-order chi connectivity index (χ1) is 16.0. The van der Waals surface area contributed by atoms with Crippen molar-refractivity contribution in [3.63, 3.8) is 0 Å². The lowest BCUT2D eigenvalue weighted by Crippen LogP contribution is -2.03. The average molecular weight is 441 g/mol. The van der Waals surface area contributed by atoms with Gasteiger partial charge < -0.3 is 9.47 Å². The first-order valence-electron chi connectivity index (χ1n) is 10.0. The molecule has 0 N–H and O–H groups in total. The highest BCUT2D eigenvalue weighted by atomic mass is 16.6. The van der Waals surface area contributed by atoms with E-state index < -0.39 is 10.9 Å². The molecule has 164 valence electrons. The Labute approximate surface area is 189 Å². The predicted octanol–water partition coefficient (Wildman–Crippen LogP) is 5.07. The van der Waals surface area contributed by atoms with E-state index in [0.717, 1.165) is 5.56 Å². The number of fused-ring (bicyclic) bond motifs is 1. The van der Waals surface area contributed by atoms with Crippen LogP contribution in [0.25, 0.3) is 23.2 Å². The number of rotatable bonds is 7. The summed E-state index contributed by atoms with van der Waals surface area (Å²) < 4.78 is 10.7. The standard InChI is InChI=1S/C25H19N3O5/c1-32-25(29)19-12-9-18(10-13-19)16-33-24-23(26-21-7-2-3-8-22(21)27-24)14-11-17-5-4-6-20(15-17)28(30)31/h2-15H,16H2,1H3/b14-11+. The molecule has 8 heteroatoms. The fourth-order valence-corrected chi connectivity index (χ4v) is 3.14. The average Bonchev–Trinajstić information content (AvgIpc) is 2.86. The molecule has 1 heterocycles. The number of esters is 1. The molecule has 4 aromatic rings. The number of para-hydroxylation sites is 2. The Morgan fingerprint density at radius 3 is 2.39 bits per heavy atom. The SMILES string of the molecule is COC(=O)c1ccc(COc2nc3ccccc3nc2/C=C/c2cccc([N+](=O)[O-])c2)cc1. The van der Waals surface area contributed by atoms with E-state index in [4.69, 9.17) is 9.47 Å². The molecule has 8 nitrogen and oxygen atoms in total. The van der Waals surface area contributed by atoms with Gasteiger partial charge in [-0.3, -0.25) is 10.1 Å². The summed E-state index contributed by atoms with van der Waals surface area (Å²) in [5.74, 6) is -0.0798. The number of methoxy groups -OCH3 is 1. The first kappa shape index (κ1) is 21.6. The number of nitrogens with zero attached hydrogens (tertiary/aromatic N) is 3. The van der Waals surface area contributed by atoms with Gasteiger partial charge >= 0.3 is 5.97 Å². The summed E-state index contributed by atoms with van der Waals surface area (Å²) in [5, 5.41) is 11.0. The fourth-order valence-electron chi connectivity index (χ4n) is 3.14. The minimum Gasteiger partial charge on any atom is -0.471 e. The van der Waals surface area contributed by atoms with E-state index in [1.807, 2.05) is 24.3 Å². The number of aromatic nitrogens is 2. The summed E-state index contributed by atoms with van der Waals surface area (Å²) >= 11 is 0. The molecule has 0 aliphatic carbocycles. The van der Waals surface area contributed by atoms with Crippen LogP contribution in [-0.2, 0) is 11.3 Å². The molecular weight excluding hydrogens is 422 g/mol. The molecule has 0 saturated heterocycles. The lowest BCUT2D eigenvalue weighted by atomic mass is 10.1. The molecule has 0 atom stereocenters. The largest absolute Gasteiger partial charge is 0.471 e. The second-order valence-electron chi connectivity index (χ2n) is 7.07. The van der Waals surface area contributed by atoms with Gasteiger partial charge in [-0.2, -0.15) is 0 Å². The monoisotopic (exact) mass is 441 g/mol. The Morgan fingerprint density at radius 2 is 1.70 bits per heavy atom. The second kappa shape index (κ2) is 9.69. The van der Waals surface area contributed by atoms with Gasteiger partial charge in [0.1, 0.15) is 12.3 Å². The van der Waals surface area contributed by atoms with Gasteiger partial charge in [0, 0.05) is 12.1 Å². The molecule has 0 fully saturated rings. The van der Waals surface area contributed by atoms with Crippen molar-refractivity contribution in [3.8, 4) is 5.88 Å². The molecule has 1 aromatic heterocycles. The van der Waals surface area contributed by atoms with Gasteiger partial charge in [0.05, 0.1) is 28.6 Å². The third kappa shape index (κ3) is 5.19. The van der Waals surface area contributed by atoms with E-state index in [1.54, 1.807) is 48.6 Å². The van der Waals surface area contributed by atoms with E-state index in [9.17, 15) is 14.9 Å². The van der Waals surface area contributed by atoms with Crippen molar-refractivity contribution in [3.05, 3.63) is 105 Å². The van der Waals surface area contributed by atoms with Gasteiger partial charge in [0.25, 0.3) is 5.69 Å². The molecule has 33 heavy (non-hydrogen) atoms. The summed E-state index contributed by atoms with van der Waals surface area (Å²) in [6.45, 7) is 0.214. The molecule has 0 saturated carbocycles. The normalized spacial score (nSPS) is 10.9. The Kier molecular flexibility index (Phi) is 6.36. The van der Waals surface area contributed by atoms with Crippen molar-refractivity contribution in [1.82, 2.24) is 9.97 Å². The number of nitro groups is 1. The van der Waals surface area contributed by atoms with Crippen LogP contribution < -0.4 is 4.74 Å². The molecule has 0 aliphatic heterocycles. The lowest BCUT2D eigenvalue weighted by Gasteiger charge is -2.10. The fraction of sp³-hybridized carbons (Fsp3) is 0.0800. The Morgan fingerprint density at radius 1 is 0.970 bits per heavy atom. The zero-order valence-electron chi connectivity index (χ0n) is 17.7. The second-order valence-corrected chi connectivity index (χ2v) is 7.07. The maximum atomic E-state index is 11.6. The van der Waals surface area contributed by atoms with E-state index in [2.05, 4.69) is 9.97 Å². The van der Waals surface area contributed by atoms with Crippen molar-refractivity contribution < 1.29 is 19.2 Å². The summed E-state index contributed by atoms with van der Waals surface area (Å²) in [6.07, 6.45) is 3.44. The van der Waals surface area contributed by atoms with E-state index in [0.29, 0.717) is 33.7 Å². The maximum absolute atomic E-state index is 11.6. The number of hydrogen-bond donors (Lipinski definition) is 0.